The molecule has 0 unspecified atom stereocenters. The molecule has 2 amide bonds. The molecule has 0 saturated heterocycles. The molecule has 0 radical (unpaired) electrons. The molecule has 0 heterocycles. The summed E-state index contributed by atoms with van der Waals surface area (Å²) < 4.78 is 0. The summed E-state index contributed by atoms with van der Waals surface area (Å²) >= 11 is 1.56. The first-order valence-corrected chi connectivity index (χ1v) is 9.89. The van der Waals surface area contributed by atoms with E-state index in [9.17, 15) is 9.59 Å². The van der Waals surface area contributed by atoms with E-state index in [0.29, 0.717) is 18.8 Å². The van der Waals surface area contributed by atoms with Gasteiger partial charge in [-0.15, -0.1) is 0 Å². The molecule has 5 heteroatoms. The number of hydrogen-bond donors (Lipinski definition) is 1. The van der Waals surface area contributed by atoms with Gasteiger partial charge in [0.05, 0.1) is 5.69 Å². The molecule has 2 aromatic carbocycles. The van der Waals surface area contributed by atoms with Crippen molar-refractivity contribution in [3.05, 3.63) is 54.6 Å². The highest BCUT2D eigenvalue weighted by atomic mass is 32.2. The maximum Gasteiger partial charge on any atom is 0.313 e. The number of para-hydroxylation sites is 1. The van der Waals surface area contributed by atoms with Crippen molar-refractivity contribution >= 4 is 29.3 Å². The van der Waals surface area contributed by atoms with E-state index < -0.39 is 11.8 Å². The lowest BCUT2D eigenvalue weighted by Crippen LogP contribution is -2.40. The van der Waals surface area contributed by atoms with Gasteiger partial charge in [0.1, 0.15) is 0 Å². The fraction of sp³-hybridized carbons (Fsp3) is 0.333. The van der Waals surface area contributed by atoms with Crippen molar-refractivity contribution in [2.24, 2.45) is 0 Å². The molecule has 0 fully saturated rings. The molecule has 0 aromatic heterocycles. The van der Waals surface area contributed by atoms with Crippen LogP contribution in [0.1, 0.15) is 33.1 Å². The SMILES string of the molecule is CCCCN(CCC)C(=O)C(=O)Nc1ccccc1Sc1ccccc1. The fourth-order valence-electron chi connectivity index (χ4n) is 2.53. The quantitative estimate of drug-likeness (QED) is 0.678. The van der Waals surface area contributed by atoms with Gasteiger partial charge in [-0.1, -0.05) is 62.4 Å². The molecule has 4 nitrogen and oxygen atoms in total. The summed E-state index contributed by atoms with van der Waals surface area (Å²) in [5.74, 6) is -1.03. The largest absolute Gasteiger partial charge is 0.334 e. The van der Waals surface area contributed by atoms with Gasteiger partial charge >= 0.3 is 11.8 Å². The zero-order valence-electron chi connectivity index (χ0n) is 15.4. The van der Waals surface area contributed by atoms with Gasteiger partial charge in [0.15, 0.2) is 0 Å². The summed E-state index contributed by atoms with van der Waals surface area (Å²) in [6, 6.07) is 17.5. The number of nitrogens with one attached hydrogen (secondary N) is 1. The second kappa shape index (κ2) is 10.7. The molecule has 0 aliphatic heterocycles. The van der Waals surface area contributed by atoms with Gasteiger partial charge < -0.3 is 10.2 Å². The second-order valence-corrected chi connectivity index (χ2v) is 7.13. The summed E-state index contributed by atoms with van der Waals surface area (Å²) in [5, 5.41) is 2.79. The highest BCUT2D eigenvalue weighted by molar-refractivity contribution is 7.99. The van der Waals surface area contributed by atoms with E-state index in [-0.39, 0.29) is 0 Å². The van der Waals surface area contributed by atoms with Crippen LogP contribution in [-0.4, -0.2) is 29.8 Å². The van der Waals surface area contributed by atoms with Crippen molar-refractivity contribution in [1.82, 2.24) is 4.90 Å². The molecule has 0 saturated carbocycles. The third-order valence-electron chi connectivity index (χ3n) is 3.86. The van der Waals surface area contributed by atoms with E-state index in [2.05, 4.69) is 12.2 Å². The van der Waals surface area contributed by atoms with E-state index in [1.165, 1.54) is 0 Å². The highest BCUT2D eigenvalue weighted by Gasteiger charge is 2.21. The standard InChI is InChI=1S/C21H26N2O2S/c1-3-5-16-23(15-4-2)21(25)20(24)22-18-13-9-10-14-19(18)26-17-11-7-6-8-12-17/h6-14H,3-5,15-16H2,1-2H3,(H,22,24). The topological polar surface area (TPSA) is 49.4 Å². The van der Waals surface area contributed by atoms with Crippen LogP contribution in [0.2, 0.25) is 0 Å². The molecule has 2 rings (SSSR count). The fourth-order valence-corrected chi connectivity index (χ4v) is 3.45. The van der Waals surface area contributed by atoms with Crippen molar-refractivity contribution in [2.75, 3.05) is 18.4 Å². The molecule has 2 aromatic rings. The summed E-state index contributed by atoms with van der Waals surface area (Å²) in [5.41, 5.74) is 0.659. The van der Waals surface area contributed by atoms with Crippen LogP contribution < -0.4 is 5.32 Å². The number of benzene rings is 2. The van der Waals surface area contributed by atoms with Crippen LogP contribution in [0.5, 0.6) is 0 Å². The smallest absolute Gasteiger partial charge is 0.313 e. The summed E-state index contributed by atoms with van der Waals surface area (Å²) in [6.07, 6.45) is 2.73. The minimum Gasteiger partial charge on any atom is -0.334 e. The number of unbranched alkanes of at least 4 members (excludes halogenated alkanes) is 1. The normalized spacial score (nSPS) is 10.4. The molecule has 26 heavy (non-hydrogen) atoms. The Morgan fingerprint density at radius 2 is 1.62 bits per heavy atom. The Bertz CT molecular complexity index is 719. The van der Waals surface area contributed by atoms with Crippen LogP contribution in [0.25, 0.3) is 0 Å². The lowest BCUT2D eigenvalue weighted by atomic mass is 10.2. The van der Waals surface area contributed by atoms with E-state index in [1.807, 2.05) is 61.5 Å². The molecule has 1 N–H and O–H groups in total. The number of amides is 2. The number of nitrogens with zero attached hydrogens (tertiary/aromatic N) is 1. The first kappa shape index (κ1) is 20.0. The predicted molar refractivity (Wildman–Crippen MR) is 107 cm³/mol. The summed E-state index contributed by atoms with van der Waals surface area (Å²) in [4.78, 5) is 28.6. The van der Waals surface area contributed by atoms with Gasteiger partial charge in [-0.25, -0.2) is 0 Å². The van der Waals surface area contributed by atoms with Gasteiger partial charge in [-0.05, 0) is 37.1 Å². The third-order valence-corrected chi connectivity index (χ3v) is 4.95. The number of carbonyl (C=O) groups excluding carboxylic acids is 2. The van der Waals surface area contributed by atoms with Crippen molar-refractivity contribution in [2.45, 2.75) is 42.9 Å². The maximum atomic E-state index is 12.5. The van der Waals surface area contributed by atoms with Crippen molar-refractivity contribution in [3.63, 3.8) is 0 Å². The number of hydrogen-bond acceptors (Lipinski definition) is 3. The molecule has 138 valence electrons. The van der Waals surface area contributed by atoms with Crippen LogP contribution >= 0.6 is 11.8 Å². The molecule has 0 aliphatic rings. The lowest BCUT2D eigenvalue weighted by Gasteiger charge is -2.21. The first-order valence-electron chi connectivity index (χ1n) is 9.07. The minimum absolute atomic E-state index is 0.459. The zero-order valence-corrected chi connectivity index (χ0v) is 16.2. The van der Waals surface area contributed by atoms with Gasteiger partial charge in [0.25, 0.3) is 0 Å². The van der Waals surface area contributed by atoms with E-state index in [1.54, 1.807) is 16.7 Å². The number of rotatable bonds is 8. The first-order chi connectivity index (χ1) is 12.7. The van der Waals surface area contributed by atoms with Crippen molar-refractivity contribution in [1.29, 1.82) is 0 Å². The van der Waals surface area contributed by atoms with E-state index in [4.69, 9.17) is 0 Å². The molecule has 0 atom stereocenters. The molecule has 0 bridgehead atoms. The van der Waals surface area contributed by atoms with Crippen LogP contribution in [0.15, 0.2) is 64.4 Å². The number of carbonyl (C=O) groups is 2. The Morgan fingerprint density at radius 3 is 2.31 bits per heavy atom. The lowest BCUT2D eigenvalue weighted by molar-refractivity contribution is -0.143. The monoisotopic (exact) mass is 370 g/mol. The second-order valence-electron chi connectivity index (χ2n) is 6.01. The van der Waals surface area contributed by atoms with Gasteiger partial charge in [0.2, 0.25) is 0 Å². The Labute approximate surface area is 160 Å². The van der Waals surface area contributed by atoms with E-state index >= 15 is 0 Å². The Balaban J connectivity index is 2.09. The van der Waals surface area contributed by atoms with Crippen LogP contribution in [-0.2, 0) is 9.59 Å². The van der Waals surface area contributed by atoms with Gasteiger partial charge in [-0.2, -0.15) is 0 Å². The predicted octanol–water partition coefficient (Wildman–Crippen LogP) is 4.82. The number of anilines is 1. The molecule has 0 spiro atoms. The van der Waals surface area contributed by atoms with Gasteiger partial charge in [-0.3, -0.25) is 9.59 Å². The molecular formula is C21H26N2O2S. The van der Waals surface area contributed by atoms with Crippen LogP contribution in [0.4, 0.5) is 5.69 Å². The summed E-state index contributed by atoms with van der Waals surface area (Å²) in [7, 11) is 0. The van der Waals surface area contributed by atoms with Crippen LogP contribution in [0.3, 0.4) is 0 Å². The van der Waals surface area contributed by atoms with E-state index in [0.717, 1.165) is 29.1 Å². The Hall–Kier alpha value is -2.27. The average molecular weight is 371 g/mol. The van der Waals surface area contributed by atoms with Crippen molar-refractivity contribution in [3.8, 4) is 0 Å². The Morgan fingerprint density at radius 1 is 0.923 bits per heavy atom. The Kier molecular flexibility index (Phi) is 8.22. The van der Waals surface area contributed by atoms with Gasteiger partial charge in [0, 0.05) is 22.9 Å². The zero-order chi connectivity index (χ0) is 18.8. The average Bonchev–Trinajstić information content (AvgIpc) is 2.67. The molecular weight excluding hydrogens is 344 g/mol. The third kappa shape index (κ3) is 5.92. The van der Waals surface area contributed by atoms with Crippen LogP contribution in [0, 0.1) is 0 Å². The summed E-state index contributed by atoms with van der Waals surface area (Å²) in [6.45, 7) is 5.31. The minimum atomic E-state index is -0.573. The highest BCUT2D eigenvalue weighted by Crippen LogP contribution is 2.33. The van der Waals surface area contributed by atoms with Crippen molar-refractivity contribution < 1.29 is 9.59 Å². The maximum absolute atomic E-state index is 12.5. The molecule has 0 aliphatic carbocycles.